The van der Waals surface area contributed by atoms with Crippen molar-refractivity contribution in [2.24, 2.45) is 0 Å². The van der Waals surface area contributed by atoms with Crippen molar-refractivity contribution in [2.45, 2.75) is 12.1 Å². The van der Waals surface area contributed by atoms with E-state index in [4.69, 9.17) is 0 Å². The normalized spacial score (nSPS) is 12.8. The number of aliphatic hydroxyl groups is 1. The van der Waals surface area contributed by atoms with Crippen LogP contribution < -0.4 is 5.32 Å². The predicted molar refractivity (Wildman–Crippen MR) is 113 cm³/mol. The van der Waals surface area contributed by atoms with Gasteiger partial charge in [0.2, 0.25) is 0 Å². The lowest BCUT2D eigenvalue weighted by atomic mass is 9.93. The topological polar surface area (TPSA) is 86.8 Å². The molecule has 0 aliphatic rings. The van der Waals surface area contributed by atoms with Gasteiger partial charge in [-0.05, 0) is 17.7 Å². The fourth-order valence-electron chi connectivity index (χ4n) is 3.26. The number of nitriles is 1. The molecule has 0 saturated heterocycles. The molecule has 1 unspecified atom stereocenters. The second kappa shape index (κ2) is 8.63. The maximum atomic E-state index is 14.5. The highest BCUT2D eigenvalue weighted by Crippen LogP contribution is 2.36. The Kier molecular flexibility index (Phi) is 5.75. The van der Waals surface area contributed by atoms with Gasteiger partial charge in [0.1, 0.15) is 41.0 Å². The van der Waals surface area contributed by atoms with Gasteiger partial charge in [-0.2, -0.15) is 10.4 Å². The molecule has 0 saturated carbocycles. The number of halogens is 2. The van der Waals surface area contributed by atoms with Gasteiger partial charge in [-0.3, -0.25) is 0 Å². The molecule has 2 aromatic heterocycles. The van der Waals surface area contributed by atoms with Crippen LogP contribution in [0.2, 0.25) is 0 Å². The van der Waals surface area contributed by atoms with E-state index in [2.05, 4.69) is 21.5 Å². The highest BCUT2D eigenvalue weighted by atomic mass is 32.1. The molecular formula is C22H17F2N5OS. The van der Waals surface area contributed by atoms with E-state index in [0.717, 1.165) is 22.6 Å². The summed E-state index contributed by atoms with van der Waals surface area (Å²) in [5.41, 5.74) is -0.504. The molecule has 0 spiro atoms. The number of anilines is 1. The van der Waals surface area contributed by atoms with Crippen LogP contribution in [0.3, 0.4) is 0 Å². The van der Waals surface area contributed by atoms with Crippen molar-refractivity contribution in [1.82, 2.24) is 14.8 Å². The Bertz CT molecular complexity index is 1220. The van der Waals surface area contributed by atoms with Crippen molar-refractivity contribution < 1.29 is 13.9 Å². The van der Waals surface area contributed by atoms with Gasteiger partial charge in [-0.1, -0.05) is 36.4 Å². The molecule has 2 aromatic carbocycles. The highest BCUT2D eigenvalue weighted by molar-refractivity contribution is 7.19. The first kappa shape index (κ1) is 20.7. The minimum atomic E-state index is -1.78. The molecule has 4 rings (SSSR count). The van der Waals surface area contributed by atoms with E-state index in [-0.39, 0.29) is 18.7 Å². The van der Waals surface area contributed by atoms with Crippen LogP contribution in [-0.2, 0) is 12.1 Å². The predicted octanol–water partition coefficient (Wildman–Crippen LogP) is 4.16. The van der Waals surface area contributed by atoms with Gasteiger partial charge in [0.05, 0.1) is 18.7 Å². The molecule has 0 aliphatic carbocycles. The Hall–Kier alpha value is -3.61. The molecule has 156 valence electrons. The lowest BCUT2D eigenvalue weighted by Gasteiger charge is -2.29. The van der Waals surface area contributed by atoms with Gasteiger partial charge in [0, 0.05) is 16.5 Å². The third kappa shape index (κ3) is 4.45. The minimum absolute atomic E-state index is 0.0877. The van der Waals surface area contributed by atoms with Crippen LogP contribution in [0.15, 0.2) is 67.3 Å². The number of benzene rings is 2. The zero-order chi connectivity index (χ0) is 21.8. The van der Waals surface area contributed by atoms with E-state index in [1.165, 1.54) is 34.7 Å². The Morgan fingerprint density at radius 1 is 1.16 bits per heavy atom. The number of thiophene rings is 1. The number of hydrogen-bond donors (Lipinski definition) is 2. The Morgan fingerprint density at radius 3 is 2.65 bits per heavy atom. The molecule has 9 heteroatoms. The van der Waals surface area contributed by atoms with Crippen LogP contribution in [-0.4, -0.2) is 26.4 Å². The largest absolute Gasteiger partial charge is 0.381 e. The van der Waals surface area contributed by atoms with Crippen LogP contribution in [0.1, 0.15) is 11.1 Å². The second-order valence-corrected chi connectivity index (χ2v) is 7.99. The van der Waals surface area contributed by atoms with Gasteiger partial charge >= 0.3 is 0 Å². The standard InChI is InChI=1S/C22H17F2N5OS/c23-17-6-7-18(19(24)9-17)22(30,12-29-14-26-13-28-29)11-27-21-16(10-25)8-20(31-21)15-4-2-1-3-5-15/h1-9,13-14,27,30H,11-12H2. The molecule has 0 fully saturated rings. The molecule has 0 aliphatic heterocycles. The summed E-state index contributed by atoms with van der Waals surface area (Å²) in [7, 11) is 0. The molecule has 6 nitrogen and oxygen atoms in total. The third-order valence-corrected chi connectivity index (χ3v) is 5.92. The van der Waals surface area contributed by atoms with Crippen LogP contribution in [0.5, 0.6) is 0 Å². The summed E-state index contributed by atoms with van der Waals surface area (Å²) in [6.45, 7) is -0.264. The molecule has 1 atom stereocenters. The Balaban J connectivity index is 1.65. The van der Waals surface area contributed by atoms with Crippen molar-refractivity contribution in [1.29, 1.82) is 5.26 Å². The van der Waals surface area contributed by atoms with E-state index < -0.39 is 17.2 Å². The van der Waals surface area contributed by atoms with E-state index >= 15 is 0 Å². The number of nitrogens with one attached hydrogen (secondary N) is 1. The molecule has 0 radical (unpaired) electrons. The quantitative estimate of drug-likeness (QED) is 0.454. The Morgan fingerprint density at radius 2 is 1.97 bits per heavy atom. The first-order valence-corrected chi connectivity index (χ1v) is 10.1. The van der Waals surface area contributed by atoms with Crippen molar-refractivity contribution >= 4 is 16.3 Å². The van der Waals surface area contributed by atoms with Crippen molar-refractivity contribution in [3.63, 3.8) is 0 Å². The summed E-state index contributed by atoms with van der Waals surface area (Å²) in [6.07, 6.45) is 2.69. The lowest BCUT2D eigenvalue weighted by molar-refractivity contribution is 0.0248. The van der Waals surface area contributed by atoms with E-state index in [9.17, 15) is 19.1 Å². The summed E-state index contributed by atoms with van der Waals surface area (Å²) < 4.78 is 29.3. The first-order valence-electron chi connectivity index (χ1n) is 9.32. The van der Waals surface area contributed by atoms with E-state index in [1.54, 1.807) is 6.07 Å². The van der Waals surface area contributed by atoms with Crippen molar-refractivity contribution in [2.75, 3.05) is 11.9 Å². The zero-order valence-electron chi connectivity index (χ0n) is 16.2. The van der Waals surface area contributed by atoms with Gasteiger partial charge in [0.25, 0.3) is 0 Å². The van der Waals surface area contributed by atoms with Gasteiger partial charge in [-0.25, -0.2) is 18.4 Å². The SMILES string of the molecule is N#Cc1cc(-c2ccccc2)sc1NCC(O)(Cn1cncn1)c1ccc(F)cc1F. The van der Waals surface area contributed by atoms with Gasteiger partial charge in [-0.15, -0.1) is 11.3 Å². The highest BCUT2D eigenvalue weighted by Gasteiger charge is 2.34. The molecular weight excluding hydrogens is 420 g/mol. The smallest absolute Gasteiger partial charge is 0.137 e. The molecule has 0 amide bonds. The van der Waals surface area contributed by atoms with Crippen molar-refractivity contribution in [3.05, 3.63) is 90.0 Å². The van der Waals surface area contributed by atoms with Crippen LogP contribution in [0.25, 0.3) is 10.4 Å². The second-order valence-electron chi connectivity index (χ2n) is 6.93. The maximum absolute atomic E-state index is 14.5. The number of nitrogens with zero attached hydrogens (tertiary/aromatic N) is 4. The van der Waals surface area contributed by atoms with Gasteiger partial charge in [0.15, 0.2) is 0 Å². The summed E-state index contributed by atoms with van der Waals surface area (Å²) in [5, 5.41) is 28.5. The molecule has 31 heavy (non-hydrogen) atoms. The monoisotopic (exact) mass is 437 g/mol. The lowest BCUT2D eigenvalue weighted by Crippen LogP contribution is -2.39. The van der Waals surface area contributed by atoms with Crippen molar-refractivity contribution in [3.8, 4) is 16.5 Å². The summed E-state index contributed by atoms with van der Waals surface area (Å²) in [5.74, 6) is -1.61. The summed E-state index contributed by atoms with van der Waals surface area (Å²) in [6, 6.07) is 16.5. The molecule has 2 N–H and O–H groups in total. The number of aromatic nitrogens is 3. The molecule has 0 bridgehead atoms. The maximum Gasteiger partial charge on any atom is 0.137 e. The summed E-state index contributed by atoms with van der Waals surface area (Å²) in [4.78, 5) is 4.73. The third-order valence-electron chi connectivity index (χ3n) is 4.77. The average molecular weight is 437 g/mol. The fourth-order valence-corrected chi connectivity index (χ4v) is 4.27. The Labute approximate surface area is 181 Å². The molecule has 2 heterocycles. The van der Waals surface area contributed by atoms with E-state index in [1.807, 2.05) is 30.3 Å². The average Bonchev–Trinajstić information content (AvgIpc) is 3.42. The first-order chi connectivity index (χ1) is 15.0. The zero-order valence-corrected chi connectivity index (χ0v) is 17.0. The molecule has 4 aromatic rings. The minimum Gasteiger partial charge on any atom is -0.381 e. The number of hydrogen-bond acceptors (Lipinski definition) is 6. The summed E-state index contributed by atoms with van der Waals surface area (Å²) >= 11 is 1.35. The fraction of sp³-hybridized carbons (Fsp3) is 0.136. The van der Waals surface area contributed by atoms with Crippen LogP contribution in [0, 0.1) is 23.0 Å². The van der Waals surface area contributed by atoms with Crippen LogP contribution >= 0.6 is 11.3 Å². The number of rotatable bonds is 7. The van der Waals surface area contributed by atoms with E-state index in [0.29, 0.717) is 10.6 Å². The van der Waals surface area contributed by atoms with Crippen LogP contribution in [0.4, 0.5) is 13.8 Å². The van der Waals surface area contributed by atoms with Gasteiger partial charge < -0.3 is 10.4 Å².